The molecule has 0 fully saturated rings. The molecule has 37 heavy (non-hydrogen) atoms. The predicted molar refractivity (Wildman–Crippen MR) is 151 cm³/mol. The van der Waals surface area contributed by atoms with Gasteiger partial charge < -0.3 is 16.0 Å². The first kappa shape index (κ1) is 22.2. The molecule has 0 atom stereocenters. The van der Waals surface area contributed by atoms with Crippen molar-refractivity contribution in [3.63, 3.8) is 0 Å². The van der Waals surface area contributed by atoms with Gasteiger partial charge in [-0.2, -0.15) is 0 Å². The molecule has 2 heterocycles. The highest BCUT2D eigenvalue weighted by molar-refractivity contribution is 6.05. The first-order chi connectivity index (χ1) is 18.2. The number of fused-ring (bicyclic) bond motifs is 2. The van der Waals surface area contributed by atoms with Crippen molar-refractivity contribution in [2.24, 2.45) is 0 Å². The summed E-state index contributed by atoms with van der Waals surface area (Å²) in [7, 11) is 0. The minimum absolute atomic E-state index is 0.185. The monoisotopic (exact) mass is 481 g/mol. The minimum atomic E-state index is -0.185. The van der Waals surface area contributed by atoms with Crippen LogP contribution in [-0.4, -0.2) is 15.9 Å². The van der Waals surface area contributed by atoms with Gasteiger partial charge in [-0.1, -0.05) is 48.5 Å². The molecule has 6 aromatic rings. The molecule has 178 valence electrons. The molecule has 0 bridgehead atoms. The van der Waals surface area contributed by atoms with E-state index in [1.807, 2.05) is 103 Å². The van der Waals surface area contributed by atoms with Crippen LogP contribution >= 0.6 is 0 Å². The lowest BCUT2D eigenvalue weighted by Crippen LogP contribution is -2.12. The molecule has 0 saturated heterocycles. The smallest absolute Gasteiger partial charge is 0.255 e. The Hall–Kier alpha value is -5.23. The van der Waals surface area contributed by atoms with Gasteiger partial charge in [0.05, 0.1) is 11.0 Å². The molecular weight excluding hydrogens is 458 g/mol. The van der Waals surface area contributed by atoms with Crippen LogP contribution in [0.15, 0.2) is 122 Å². The lowest BCUT2D eigenvalue weighted by atomic mass is 10.1. The number of rotatable bonds is 6. The fourth-order valence-corrected chi connectivity index (χ4v) is 4.34. The maximum absolute atomic E-state index is 13.1. The van der Waals surface area contributed by atoms with Crippen LogP contribution in [0.4, 0.5) is 28.4 Å². The van der Waals surface area contributed by atoms with Gasteiger partial charge in [0.1, 0.15) is 0 Å². The highest BCUT2D eigenvalue weighted by atomic mass is 16.1. The fourth-order valence-electron chi connectivity index (χ4n) is 4.34. The highest BCUT2D eigenvalue weighted by Gasteiger charge is 2.09. The number of hydrogen-bond acceptors (Lipinski definition) is 5. The molecule has 0 saturated carbocycles. The van der Waals surface area contributed by atoms with E-state index in [-0.39, 0.29) is 5.91 Å². The van der Waals surface area contributed by atoms with Gasteiger partial charge in [-0.05, 0) is 60.7 Å². The Bertz CT molecular complexity index is 1740. The normalized spacial score (nSPS) is 10.8. The number of aromatic nitrogens is 2. The summed E-state index contributed by atoms with van der Waals surface area (Å²) in [6.07, 6.45) is 3.56. The molecule has 0 unspecified atom stereocenters. The summed E-state index contributed by atoms with van der Waals surface area (Å²) in [5.74, 6) is -0.185. The van der Waals surface area contributed by atoms with Crippen LogP contribution in [-0.2, 0) is 0 Å². The second kappa shape index (κ2) is 9.79. The zero-order chi connectivity index (χ0) is 25.0. The van der Waals surface area contributed by atoms with Crippen LogP contribution in [0.3, 0.4) is 0 Å². The van der Waals surface area contributed by atoms with E-state index in [2.05, 4.69) is 25.9 Å². The van der Waals surface area contributed by atoms with E-state index in [1.165, 1.54) is 0 Å². The van der Waals surface area contributed by atoms with Crippen molar-refractivity contribution in [3.05, 3.63) is 127 Å². The van der Waals surface area contributed by atoms with Crippen molar-refractivity contribution in [2.75, 3.05) is 16.0 Å². The summed E-state index contributed by atoms with van der Waals surface area (Å²) < 4.78 is 0. The molecule has 4 aromatic carbocycles. The first-order valence-corrected chi connectivity index (χ1v) is 12.0. The van der Waals surface area contributed by atoms with Gasteiger partial charge in [0, 0.05) is 57.2 Å². The SMILES string of the molecule is O=C(Nc1cccc(Nc2ccnc3ccccc23)c1)c1cccc(Nc2ccnc3ccccc23)c1. The number of nitrogens with zero attached hydrogens (tertiary/aromatic N) is 2. The number of carbonyl (C=O) groups excluding carboxylic acids is 1. The molecule has 0 aliphatic carbocycles. The quantitative estimate of drug-likeness (QED) is 0.229. The Morgan fingerprint density at radius 3 is 1.73 bits per heavy atom. The Morgan fingerprint density at radius 1 is 0.541 bits per heavy atom. The Balaban J connectivity index is 1.20. The van der Waals surface area contributed by atoms with Crippen LogP contribution in [0.25, 0.3) is 21.8 Å². The molecule has 2 aromatic heterocycles. The largest absolute Gasteiger partial charge is 0.355 e. The molecule has 0 spiro atoms. The van der Waals surface area contributed by atoms with Gasteiger partial charge in [-0.25, -0.2) is 0 Å². The Morgan fingerprint density at radius 2 is 1.08 bits per heavy atom. The standard InChI is InChI=1S/C31H23N5O/c37-31(21-7-5-8-22(19-21)34-29-15-17-32-27-13-3-1-11-25(27)29)36-24-10-6-9-23(20-24)35-30-16-18-33-28-14-4-2-12-26(28)30/h1-20H,(H,32,34)(H,33,35)(H,36,37). The molecule has 0 radical (unpaired) electrons. The molecule has 3 N–H and O–H groups in total. The predicted octanol–water partition coefficient (Wildman–Crippen LogP) is 7.52. The van der Waals surface area contributed by atoms with E-state index in [0.29, 0.717) is 11.3 Å². The number of anilines is 5. The maximum atomic E-state index is 13.1. The number of hydrogen-bond donors (Lipinski definition) is 3. The zero-order valence-corrected chi connectivity index (χ0v) is 19.8. The first-order valence-electron chi connectivity index (χ1n) is 12.0. The molecular formula is C31H23N5O. The summed E-state index contributed by atoms with van der Waals surface area (Å²) in [6, 6.07) is 34.9. The van der Waals surface area contributed by atoms with Gasteiger partial charge >= 0.3 is 0 Å². The highest BCUT2D eigenvalue weighted by Crippen LogP contribution is 2.27. The van der Waals surface area contributed by atoms with E-state index in [4.69, 9.17) is 0 Å². The lowest BCUT2D eigenvalue weighted by Gasteiger charge is -2.12. The number of benzene rings is 4. The minimum Gasteiger partial charge on any atom is -0.355 e. The van der Waals surface area contributed by atoms with Crippen molar-refractivity contribution in [1.29, 1.82) is 0 Å². The average molecular weight is 482 g/mol. The molecule has 6 rings (SSSR count). The van der Waals surface area contributed by atoms with Crippen molar-refractivity contribution in [1.82, 2.24) is 9.97 Å². The Labute approximate surface area is 214 Å². The molecule has 0 aliphatic heterocycles. The molecule has 6 nitrogen and oxygen atoms in total. The summed E-state index contributed by atoms with van der Waals surface area (Å²) in [5.41, 5.74) is 6.67. The van der Waals surface area contributed by atoms with Gasteiger partial charge in [0.15, 0.2) is 0 Å². The number of para-hydroxylation sites is 2. The van der Waals surface area contributed by atoms with Crippen LogP contribution in [0.5, 0.6) is 0 Å². The maximum Gasteiger partial charge on any atom is 0.255 e. The van der Waals surface area contributed by atoms with E-state index in [0.717, 1.165) is 44.6 Å². The van der Waals surface area contributed by atoms with Crippen LogP contribution in [0.2, 0.25) is 0 Å². The van der Waals surface area contributed by atoms with Crippen molar-refractivity contribution in [2.45, 2.75) is 0 Å². The van der Waals surface area contributed by atoms with E-state index >= 15 is 0 Å². The van der Waals surface area contributed by atoms with Crippen molar-refractivity contribution < 1.29 is 4.79 Å². The summed E-state index contributed by atoms with van der Waals surface area (Å²) in [5, 5.41) is 11.9. The van der Waals surface area contributed by atoms with Crippen LogP contribution in [0.1, 0.15) is 10.4 Å². The third-order valence-corrected chi connectivity index (χ3v) is 6.10. The topological polar surface area (TPSA) is 78.9 Å². The number of amides is 1. The van der Waals surface area contributed by atoms with Gasteiger partial charge in [-0.15, -0.1) is 0 Å². The molecule has 6 heteroatoms. The second-order valence-electron chi connectivity index (χ2n) is 8.62. The zero-order valence-electron chi connectivity index (χ0n) is 19.8. The molecule has 1 amide bonds. The fraction of sp³-hybridized carbons (Fsp3) is 0. The summed E-state index contributed by atoms with van der Waals surface area (Å²) in [6.45, 7) is 0. The Kier molecular flexibility index (Phi) is 5.89. The van der Waals surface area contributed by atoms with Crippen molar-refractivity contribution in [3.8, 4) is 0 Å². The summed E-state index contributed by atoms with van der Waals surface area (Å²) >= 11 is 0. The van der Waals surface area contributed by atoms with E-state index in [1.54, 1.807) is 18.5 Å². The van der Waals surface area contributed by atoms with E-state index in [9.17, 15) is 4.79 Å². The third kappa shape index (κ3) is 4.81. The van der Waals surface area contributed by atoms with Gasteiger partial charge in [0.2, 0.25) is 0 Å². The van der Waals surface area contributed by atoms with Crippen LogP contribution < -0.4 is 16.0 Å². The summed E-state index contributed by atoms with van der Waals surface area (Å²) in [4.78, 5) is 21.9. The number of pyridine rings is 2. The number of carbonyl (C=O) groups is 1. The lowest BCUT2D eigenvalue weighted by molar-refractivity contribution is 0.102. The second-order valence-corrected chi connectivity index (χ2v) is 8.62. The average Bonchev–Trinajstić information content (AvgIpc) is 2.94. The van der Waals surface area contributed by atoms with Crippen LogP contribution in [0, 0.1) is 0 Å². The van der Waals surface area contributed by atoms with Gasteiger partial charge in [-0.3, -0.25) is 14.8 Å². The third-order valence-electron chi connectivity index (χ3n) is 6.10. The molecule has 0 aliphatic rings. The van der Waals surface area contributed by atoms with Gasteiger partial charge in [0.25, 0.3) is 5.91 Å². The number of nitrogens with one attached hydrogen (secondary N) is 3. The van der Waals surface area contributed by atoms with E-state index < -0.39 is 0 Å². The van der Waals surface area contributed by atoms with Crippen molar-refractivity contribution >= 4 is 56.1 Å².